The molecule has 0 atom stereocenters. The predicted molar refractivity (Wildman–Crippen MR) is 78.2 cm³/mol. The van der Waals surface area contributed by atoms with E-state index in [1.165, 1.54) is 6.07 Å². The van der Waals surface area contributed by atoms with E-state index in [0.717, 1.165) is 15.6 Å². The zero-order chi connectivity index (χ0) is 13.8. The number of hydrogen-bond acceptors (Lipinski definition) is 2. The molecule has 4 heteroatoms. The molecule has 0 saturated carbocycles. The Morgan fingerprint density at radius 3 is 2.79 bits per heavy atom. The quantitative estimate of drug-likeness (QED) is 0.911. The summed E-state index contributed by atoms with van der Waals surface area (Å²) >= 11 is 3.38. The van der Waals surface area contributed by atoms with Gasteiger partial charge in [-0.15, -0.1) is 0 Å². The fourth-order valence-electron chi connectivity index (χ4n) is 1.76. The maximum Gasteiger partial charge on any atom is 0.255 e. The predicted octanol–water partition coefficient (Wildman–Crippen LogP) is 3.39. The number of nitrogens with one attached hydrogen (secondary N) is 1. The van der Waals surface area contributed by atoms with Gasteiger partial charge in [-0.2, -0.15) is 0 Å². The van der Waals surface area contributed by atoms with E-state index >= 15 is 0 Å². The standard InChI is InChI=1S/C15H14BrNO2/c1-10-5-6-14(18)13(7-10)15(19)17-9-11-3-2-4-12(16)8-11/h2-8,18H,9H2,1H3,(H,17,19). The van der Waals surface area contributed by atoms with Gasteiger partial charge in [-0.3, -0.25) is 4.79 Å². The van der Waals surface area contributed by atoms with Crippen molar-refractivity contribution in [1.82, 2.24) is 5.32 Å². The van der Waals surface area contributed by atoms with E-state index in [9.17, 15) is 9.90 Å². The summed E-state index contributed by atoms with van der Waals surface area (Å²) in [7, 11) is 0. The highest BCUT2D eigenvalue weighted by atomic mass is 79.9. The first-order valence-corrected chi connectivity index (χ1v) is 6.68. The third kappa shape index (κ3) is 3.58. The van der Waals surface area contributed by atoms with Crippen LogP contribution in [0.25, 0.3) is 0 Å². The van der Waals surface area contributed by atoms with E-state index in [4.69, 9.17) is 0 Å². The van der Waals surface area contributed by atoms with E-state index in [0.29, 0.717) is 12.1 Å². The molecule has 0 spiro atoms. The van der Waals surface area contributed by atoms with Gasteiger partial charge in [0.2, 0.25) is 0 Å². The van der Waals surface area contributed by atoms with Gasteiger partial charge in [0.15, 0.2) is 0 Å². The van der Waals surface area contributed by atoms with Gasteiger partial charge in [-0.1, -0.05) is 39.7 Å². The summed E-state index contributed by atoms with van der Waals surface area (Å²) in [6.07, 6.45) is 0. The van der Waals surface area contributed by atoms with Crippen LogP contribution < -0.4 is 5.32 Å². The molecule has 0 bridgehead atoms. The molecule has 0 unspecified atom stereocenters. The first kappa shape index (κ1) is 13.6. The number of carbonyl (C=O) groups is 1. The third-order valence-electron chi connectivity index (χ3n) is 2.74. The highest BCUT2D eigenvalue weighted by Crippen LogP contribution is 2.18. The Labute approximate surface area is 120 Å². The summed E-state index contributed by atoms with van der Waals surface area (Å²) in [5.74, 6) is -0.279. The Morgan fingerprint density at radius 1 is 1.26 bits per heavy atom. The summed E-state index contributed by atoms with van der Waals surface area (Å²) in [6.45, 7) is 2.30. The smallest absolute Gasteiger partial charge is 0.255 e. The molecule has 2 rings (SSSR count). The highest BCUT2D eigenvalue weighted by molar-refractivity contribution is 9.10. The second-order valence-electron chi connectivity index (χ2n) is 4.33. The zero-order valence-electron chi connectivity index (χ0n) is 10.5. The van der Waals surface area contributed by atoms with Crippen LogP contribution in [-0.2, 0) is 6.54 Å². The maximum absolute atomic E-state index is 12.0. The van der Waals surface area contributed by atoms with Crippen molar-refractivity contribution in [2.45, 2.75) is 13.5 Å². The largest absolute Gasteiger partial charge is 0.507 e. The number of aryl methyl sites for hydroxylation is 1. The molecule has 2 aromatic carbocycles. The molecule has 0 aromatic heterocycles. The topological polar surface area (TPSA) is 49.3 Å². The Bertz CT molecular complexity index is 611. The Kier molecular flexibility index (Phi) is 4.22. The molecular formula is C15H14BrNO2. The number of rotatable bonds is 3. The first-order chi connectivity index (χ1) is 9.06. The van der Waals surface area contributed by atoms with Crippen molar-refractivity contribution >= 4 is 21.8 Å². The Balaban J connectivity index is 2.07. The summed E-state index contributed by atoms with van der Waals surface area (Å²) in [4.78, 5) is 12.0. The lowest BCUT2D eigenvalue weighted by atomic mass is 10.1. The molecule has 19 heavy (non-hydrogen) atoms. The van der Waals surface area contributed by atoms with E-state index in [2.05, 4.69) is 21.2 Å². The maximum atomic E-state index is 12.0. The van der Waals surface area contributed by atoms with Crippen molar-refractivity contribution in [3.63, 3.8) is 0 Å². The number of hydrogen-bond donors (Lipinski definition) is 2. The number of halogens is 1. The first-order valence-electron chi connectivity index (χ1n) is 5.88. The number of phenols is 1. The number of carbonyl (C=O) groups excluding carboxylic acids is 1. The third-order valence-corrected chi connectivity index (χ3v) is 3.23. The fourth-order valence-corrected chi connectivity index (χ4v) is 2.20. The minimum absolute atomic E-state index is 0.00246. The monoisotopic (exact) mass is 319 g/mol. The molecule has 0 aliphatic rings. The van der Waals surface area contributed by atoms with Gasteiger partial charge in [0.1, 0.15) is 5.75 Å². The van der Waals surface area contributed by atoms with E-state index < -0.39 is 0 Å². The van der Waals surface area contributed by atoms with Gasteiger partial charge >= 0.3 is 0 Å². The summed E-state index contributed by atoms with van der Waals surface area (Å²) in [5.41, 5.74) is 2.23. The highest BCUT2D eigenvalue weighted by Gasteiger charge is 2.10. The van der Waals surface area contributed by atoms with Crippen LogP contribution in [0.2, 0.25) is 0 Å². The van der Waals surface area contributed by atoms with Crippen LogP contribution in [0.1, 0.15) is 21.5 Å². The molecule has 2 aromatic rings. The van der Waals surface area contributed by atoms with Gasteiger partial charge in [-0.05, 0) is 36.8 Å². The average molecular weight is 320 g/mol. The molecular weight excluding hydrogens is 306 g/mol. The molecule has 3 nitrogen and oxygen atoms in total. The van der Waals surface area contributed by atoms with Gasteiger partial charge in [0, 0.05) is 11.0 Å². The van der Waals surface area contributed by atoms with E-state index in [1.807, 2.05) is 31.2 Å². The molecule has 0 aliphatic carbocycles. The molecule has 0 saturated heterocycles. The lowest BCUT2D eigenvalue weighted by molar-refractivity contribution is 0.0948. The molecule has 1 amide bonds. The van der Waals surface area contributed by atoms with Crippen LogP contribution in [0.3, 0.4) is 0 Å². The van der Waals surface area contributed by atoms with Crippen LogP contribution >= 0.6 is 15.9 Å². The van der Waals surface area contributed by atoms with E-state index in [1.54, 1.807) is 12.1 Å². The van der Waals surface area contributed by atoms with Crippen molar-refractivity contribution in [1.29, 1.82) is 0 Å². The van der Waals surface area contributed by atoms with Gasteiger partial charge in [-0.25, -0.2) is 0 Å². The van der Waals surface area contributed by atoms with Crippen molar-refractivity contribution in [2.24, 2.45) is 0 Å². The molecule has 0 heterocycles. The average Bonchev–Trinajstić information content (AvgIpc) is 2.39. The van der Waals surface area contributed by atoms with Gasteiger partial charge < -0.3 is 10.4 Å². The minimum Gasteiger partial charge on any atom is -0.507 e. The fraction of sp³-hybridized carbons (Fsp3) is 0.133. The van der Waals surface area contributed by atoms with E-state index in [-0.39, 0.29) is 11.7 Å². The second kappa shape index (κ2) is 5.89. The Hall–Kier alpha value is -1.81. The van der Waals surface area contributed by atoms with Crippen LogP contribution in [0.4, 0.5) is 0 Å². The van der Waals surface area contributed by atoms with Crippen LogP contribution in [-0.4, -0.2) is 11.0 Å². The molecule has 0 aliphatic heterocycles. The zero-order valence-corrected chi connectivity index (χ0v) is 12.1. The SMILES string of the molecule is Cc1ccc(O)c(C(=O)NCc2cccc(Br)c2)c1. The van der Waals surface area contributed by atoms with Crippen molar-refractivity contribution < 1.29 is 9.90 Å². The molecule has 0 radical (unpaired) electrons. The molecule has 0 fully saturated rings. The number of benzene rings is 2. The van der Waals surface area contributed by atoms with Crippen LogP contribution in [0, 0.1) is 6.92 Å². The van der Waals surface area contributed by atoms with Crippen molar-refractivity contribution in [2.75, 3.05) is 0 Å². The molecule has 2 N–H and O–H groups in total. The van der Waals surface area contributed by atoms with Gasteiger partial charge in [0.05, 0.1) is 5.56 Å². The molecule has 98 valence electrons. The van der Waals surface area contributed by atoms with Crippen LogP contribution in [0.15, 0.2) is 46.9 Å². The number of phenolic OH excluding ortho intramolecular Hbond substituents is 1. The summed E-state index contributed by atoms with van der Waals surface area (Å²) in [6, 6.07) is 12.7. The second-order valence-corrected chi connectivity index (χ2v) is 5.25. The number of amides is 1. The lowest BCUT2D eigenvalue weighted by Gasteiger charge is -2.08. The summed E-state index contributed by atoms with van der Waals surface area (Å²) < 4.78 is 0.970. The Morgan fingerprint density at radius 2 is 2.05 bits per heavy atom. The lowest BCUT2D eigenvalue weighted by Crippen LogP contribution is -2.22. The summed E-state index contributed by atoms with van der Waals surface area (Å²) in [5, 5.41) is 12.5. The normalized spacial score (nSPS) is 10.2. The van der Waals surface area contributed by atoms with Gasteiger partial charge in [0.25, 0.3) is 5.91 Å². The minimum atomic E-state index is -0.277. The van der Waals surface area contributed by atoms with Crippen molar-refractivity contribution in [3.8, 4) is 5.75 Å². The number of aromatic hydroxyl groups is 1. The van der Waals surface area contributed by atoms with Crippen molar-refractivity contribution in [3.05, 3.63) is 63.6 Å². The van der Waals surface area contributed by atoms with Crippen LogP contribution in [0.5, 0.6) is 5.75 Å².